The number of hydrogen-bond acceptors (Lipinski definition) is 6. The molecule has 1 aliphatic heterocycles. The lowest BCUT2D eigenvalue weighted by Crippen LogP contribution is -2.33. The molecule has 2 aromatic carbocycles. The van der Waals surface area contributed by atoms with Crippen molar-refractivity contribution in [2.45, 2.75) is 11.8 Å². The number of imide groups is 1. The van der Waals surface area contributed by atoms with E-state index >= 15 is 0 Å². The normalized spacial score (nSPS) is 13.7. The van der Waals surface area contributed by atoms with Gasteiger partial charge in [0.05, 0.1) is 21.6 Å². The van der Waals surface area contributed by atoms with E-state index in [0.29, 0.717) is 6.07 Å². The first-order valence-electron chi connectivity index (χ1n) is 7.14. The third kappa shape index (κ3) is 2.85. The number of primary sulfonamides is 1. The highest BCUT2D eigenvalue weighted by Crippen LogP contribution is 2.25. The molecule has 2 amide bonds. The highest BCUT2D eigenvalue weighted by molar-refractivity contribution is 7.89. The third-order valence-electron chi connectivity index (χ3n) is 3.80. The summed E-state index contributed by atoms with van der Waals surface area (Å²) in [5.74, 6) is -4.01. The molecule has 0 spiro atoms. The van der Waals surface area contributed by atoms with Crippen LogP contribution in [0.4, 0.5) is 4.39 Å². The molecule has 2 N–H and O–H groups in total. The third-order valence-corrected chi connectivity index (χ3v) is 4.69. The fourth-order valence-corrected chi connectivity index (χ4v) is 2.96. The van der Waals surface area contributed by atoms with Crippen molar-refractivity contribution in [1.82, 2.24) is 5.06 Å². The second kappa shape index (κ2) is 6.00. The maximum absolute atomic E-state index is 13.9. The van der Waals surface area contributed by atoms with Gasteiger partial charge >= 0.3 is 5.97 Å². The van der Waals surface area contributed by atoms with Crippen LogP contribution >= 0.6 is 0 Å². The van der Waals surface area contributed by atoms with Gasteiger partial charge in [0, 0.05) is 0 Å². The number of fused-ring (bicyclic) bond motifs is 1. The Balaban J connectivity index is 1.96. The lowest BCUT2D eigenvalue weighted by atomic mass is 10.1. The monoisotopic (exact) mass is 378 g/mol. The van der Waals surface area contributed by atoms with Gasteiger partial charge in [-0.05, 0) is 36.8 Å². The first-order chi connectivity index (χ1) is 12.1. The average molecular weight is 378 g/mol. The van der Waals surface area contributed by atoms with E-state index in [9.17, 15) is 27.2 Å². The van der Waals surface area contributed by atoms with E-state index < -0.39 is 44.1 Å². The molecule has 10 heteroatoms. The topological polar surface area (TPSA) is 124 Å². The first kappa shape index (κ1) is 17.7. The van der Waals surface area contributed by atoms with Crippen molar-refractivity contribution in [3.05, 3.63) is 64.5 Å². The van der Waals surface area contributed by atoms with E-state index in [1.165, 1.54) is 31.2 Å². The predicted molar refractivity (Wildman–Crippen MR) is 84.9 cm³/mol. The minimum absolute atomic E-state index is 0.0477. The van der Waals surface area contributed by atoms with Crippen LogP contribution in [0.1, 0.15) is 36.6 Å². The van der Waals surface area contributed by atoms with Crippen LogP contribution in [-0.2, 0) is 14.9 Å². The lowest BCUT2D eigenvalue weighted by molar-refractivity contribution is -0.0585. The maximum Gasteiger partial charge on any atom is 0.364 e. The number of halogens is 1. The summed E-state index contributed by atoms with van der Waals surface area (Å²) in [6.07, 6.45) is 0. The predicted octanol–water partition coefficient (Wildman–Crippen LogP) is 1.15. The van der Waals surface area contributed by atoms with Gasteiger partial charge in [0.25, 0.3) is 11.8 Å². The van der Waals surface area contributed by atoms with Gasteiger partial charge in [0.2, 0.25) is 10.0 Å². The van der Waals surface area contributed by atoms with Gasteiger partial charge in [-0.3, -0.25) is 9.59 Å². The molecule has 0 unspecified atom stereocenters. The van der Waals surface area contributed by atoms with Gasteiger partial charge in [-0.15, -0.1) is 0 Å². The van der Waals surface area contributed by atoms with E-state index in [1.54, 1.807) is 0 Å². The van der Waals surface area contributed by atoms with Gasteiger partial charge in [-0.1, -0.05) is 17.2 Å². The number of rotatable bonds is 3. The Kier molecular flexibility index (Phi) is 4.09. The summed E-state index contributed by atoms with van der Waals surface area (Å²) in [6.45, 7) is 1.21. The van der Waals surface area contributed by atoms with Crippen LogP contribution in [0.3, 0.4) is 0 Å². The number of amides is 2. The van der Waals surface area contributed by atoms with Crippen LogP contribution in [0, 0.1) is 12.7 Å². The highest BCUT2D eigenvalue weighted by atomic mass is 32.2. The number of sulfonamides is 1. The average Bonchev–Trinajstić information content (AvgIpc) is 2.81. The number of hydroxylamine groups is 2. The molecule has 0 fully saturated rings. The van der Waals surface area contributed by atoms with Crippen LogP contribution in [0.5, 0.6) is 0 Å². The molecule has 3 rings (SSSR count). The molecule has 0 aliphatic carbocycles. The molecular weight excluding hydrogens is 367 g/mol. The molecule has 0 radical (unpaired) electrons. The number of carbonyl (C=O) groups is 3. The zero-order valence-electron chi connectivity index (χ0n) is 13.2. The van der Waals surface area contributed by atoms with Crippen LogP contribution in [-0.4, -0.2) is 31.3 Å². The second-order valence-corrected chi connectivity index (χ2v) is 7.01. The first-order valence-corrected chi connectivity index (χ1v) is 8.69. The largest absolute Gasteiger partial charge is 0.364 e. The van der Waals surface area contributed by atoms with Crippen molar-refractivity contribution >= 4 is 27.8 Å². The molecule has 0 saturated carbocycles. The Labute approximate surface area is 147 Å². The van der Waals surface area contributed by atoms with Crippen molar-refractivity contribution in [1.29, 1.82) is 0 Å². The Morgan fingerprint density at radius 3 is 2.15 bits per heavy atom. The van der Waals surface area contributed by atoms with Crippen molar-refractivity contribution in [2.75, 3.05) is 0 Å². The maximum atomic E-state index is 13.9. The van der Waals surface area contributed by atoms with Crippen molar-refractivity contribution < 1.29 is 32.0 Å². The molecular formula is C16H11FN2O6S. The van der Waals surface area contributed by atoms with E-state index in [-0.39, 0.29) is 21.8 Å². The summed E-state index contributed by atoms with van der Waals surface area (Å²) in [5.41, 5.74) is -0.609. The summed E-state index contributed by atoms with van der Waals surface area (Å²) in [7, 11) is -4.29. The van der Waals surface area contributed by atoms with Gasteiger partial charge in [-0.2, -0.15) is 0 Å². The van der Waals surface area contributed by atoms with Gasteiger partial charge in [-0.25, -0.2) is 22.7 Å². The van der Waals surface area contributed by atoms with Crippen LogP contribution < -0.4 is 5.14 Å². The zero-order chi connectivity index (χ0) is 19.2. The Hall–Kier alpha value is -3.11. The molecule has 1 heterocycles. The quantitative estimate of drug-likeness (QED) is 0.799. The number of nitrogens with two attached hydrogens (primary N) is 1. The molecule has 0 aromatic heterocycles. The minimum Gasteiger partial charge on any atom is -0.324 e. The molecule has 0 atom stereocenters. The second-order valence-electron chi connectivity index (χ2n) is 5.45. The Bertz CT molecular complexity index is 1050. The van der Waals surface area contributed by atoms with Crippen molar-refractivity contribution in [3.8, 4) is 0 Å². The molecule has 2 aromatic rings. The highest BCUT2D eigenvalue weighted by Gasteiger charge is 2.39. The molecule has 26 heavy (non-hydrogen) atoms. The summed E-state index contributed by atoms with van der Waals surface area (Å²) >= 11 is 0. The molecule has 134 valence electrons. The number of benzene rings is 2. The van der Waals surface area contributed by atoms with E-state index in [0.717, 1.165) is 6.07 Å². The molecule has 0 saturated heterocycles. The zero-order valence-corrected chi connectivity index (χ0v) is 14.0. The standard InChI is InChI=1S/C16H11FN2O6S/c1-8-12(6-9(7-13(8)17)26(18,23)24)16(22)25-19-14(20)10-4-2-3-5-11(10)15(19)21/h2-7H,1H3,(H2,18,23,24). The number of carbonyl (C=O) groups excluding carboxylic acids is 3. The summed E-state index contributed by atoms with van der Waals surface area (Å²) in [4.78, 5) is 40.9. The van der Waals surface area contributed by atoms with E-state index in [2.05, 4.69) is 0 Å². The van der Waals surface area contributed by atoms with Crippen LogP contribution in [0.2, 0.25) is 0 Å². The SMILES string of the molecule is Cc1c(F)cc(S(N)(=O)=O)cc1C(=O)ON1C(=O)c2ccccc2C1=O. The Morgan fingerprint density at radius 1 is 1.12 bits per heavy atom. The fourth-order valence-electron chi connectivity index (χ4n) is 2.41. The lowest BCUT2D eigenvalue weighted by Gasteiger charge is -2.14. The van der Waals surface area contributed by atoms with Crippen LogP contribution in [0.25, 0.3) is 0 Å². The minimum atomic E-state index is -4.29. The summed E-state index contributed by atoms with van der Waals surface area (Å²) < 4.78 is 36.8. The fraction of sp³-hybridized carbons (Fsp3) is 0.0625. The molecule has 0 bridgehead atoms. The smallest absolute Gasteiger partial charge is 0.324 e. The summed E-state index contributed by atoms with van der Waals surface area (Å²) in [5, 5.41) is 5.19. The van der Waals surface area contributed by atoms with E-state index in [1.807, 2.05) is 0 Å². The number of nitrogens with zero attached hydrogens (tertiary/aromatic N) is 1. The van der Waals surface area contributed by atoms with Gasteiger partial charge < -0.3 is 4.84 Å². The van der Waals surface area contributed by atoms with Gasteiger partial charge in [0.15, 0.2) is 0 Å². The molecule has 8 nitrogen and oxygen atoms in total. The van der Waals surface area contributed by atoms with Crippen molar-refractivity contribution in [3.63, 3.8) is 0 Å². The summed E-state index contributed by atoms with van der Waals surface area (Å²) in [6, 6.07) is 7.30. The van der Waals surface area contributed by atoms with Crippen LogP contribution in [0.15, 0.2) is 41.3 Å². The van der Waals surface area contributed by atoms with Crippen molar-refractivity contribution in [2.24, 2.45) is 5.14 Å². The van der Waals surface area contributed by atoms with E-state index in [4.69, 9.17) is 9.98 Å². The molecule has 1 aliphatic rings. The van der Waals surface area contributed by atoms with Gasteiger partial charge in [0.1, 0.15) is 5.82 Å². The Morgan fingerprint density at radius 2 is 1.65 bits per heavy atom. The number of hydrogen-bond donors (Lipinski definition) is 1.